The van der Waals surface area contributed by atoms with Crippen LogP contribution in [0.4, 0.5) is 0 Å². The second-order valence-electron chi connectivity index (χ2n) is 10.9. The third-order valence-electron chi connectivity index (χ3n) is 8.83. The van der Waals surface area contributed by atoms with Crippen molar-refractivity contribution in [1.29, 1.82) is 0 Å². The molecular weight excluding hydrogens is 502 g/mol. The monoisotopic (exact) mass is 523 g/mol. The van der Waals surface area contributed by atoms with E-state index in [2.05, 4.69) is 98.9 Å². The molecule has 5 heteroatoms. The lowest BCUT2D eigenvalue weighted by atomic mass is 9.98. The minimum absolute atomic E-state index is 0.848. The van der Waals surface area contributed by atoms with Gasteiger partial charge in [0.25, 0.3) is 0 Å². The molecule has 9 aromatic rings. The highest BCUT2D eigenvalue weighted by Gasteiger charge is 2.27. The average molecular weight is 524 g/mol. The average Bonchev–Trinajstić information content (AvgIpc) is 3.71. The number of para-hydroxylation sites is 1. The first-order valence-corrected chi connectivity index (χ1v) is 13.9. The second kappa shape index (κ2) is 7.55. The van der Waals surface area contributed by atoms with Crippen molar-refractivity contribution in [3.8, 4) is 16.8 Å². The van der Waals surface area contributed by atoms with E-state index in [1.807, 2.05) is 30.7 Å². The molecular formula is C36H21N5. The summed E-state index contributed by atoms with van der Waals surface area (Å²) in [4.78, 5) is 14.5. The van der Waals surface area contributed by atoms with Gasteiger partial charge in [-0.05, 0) is 64.9 Å². The fourth-order valence-electron chi connectivity index (χ4n) is 7.21. The number of fused-ring (bicyclic) bond motifs is 16. The fraction of sp³-hybridized carbons (Fsp3) is 0.0278. The predicted molar refractivity (Wildman–Crippen MR) is 166 cm³/mol. The van der Waals surface area contributed by atoms with Crippen LogP contribution in [0, 0.1) is 0 Å². The minimum Gasteiger partial charge on any atom is -0.309 e. The lowest BCUT2D eigenvalue weighted by Crippen LogP contribution is -1.96. The van der Waals surface area contributed by atoms with Gasteiger partial charge in [0, 0.05) is 45.2 Å². The van der Waals surface area contributed by atoms with Crippen LogP contribution in [0.5, 0.6) is 0 Å². The van der Waals surface area contributed by atoms with Crippen molar-refractivity contribution in [3.63, 3.8) is 0 Å². The standard InChI is InChI=1S/C36H21N5/c1-2-8-23(9-3-1)40-29-15-14-26-25-16-18-37-20-30(25)41-35-28(11-6-17-38-35)39-36(41)33(26)32(29)27-13-12-22-19-21-7-4-5-10-24(21)31(22)34(27)40/h1-18,20H,19H2. The van der Waals surface area contributed by atoms with Crippen LogP contribution in [0.3, 0.4) is 0 Å². The van der Waals surface area contributed by atoms with E-state index >= 15 is 0 Å². The fourth-order valence-corrected chi connectivity index (χ4v) is 7.21. The molecule has 190 valence electrons. The molecule has 1 aliphatic carbocycles. The number of imidazole rings is 1. The van der Waals surface area contributed by atoms with E-state index < -0.39 is 0 Å². The molecule has 0 saturated carbocycles. The van der Waals surface area contributed by atoms with Crippen LogP contribution in [0.25, 0.3) is 77.1 Å². The Morgan fingerprint density at radius 2 is 1.49 bits per heavy atom. The van der Waals surface area contributed by atoms with E-state index in [9.17, 15) is 0 Å². The van der Waals surface area contributed by atoms with Crippen LogP contribution >= 0.6 is 0 Å². The molecule has 0 atom stereocenters. The van der Waals surface area contributed by atoms with Gasteiger partial charge in [0.2, 0.25) is 0 Å². The Morgan fingerprint density at radius 3 is 2.44 bits per heavy atom. The van der Waals surface area contributed by atoms with Gasteiger partial charge in [-0.2, -0.15) is 0 Å². The number of hydrogen-bond acceptors (Lipinski definition) is 3. The van der Waals surface area contributed by atoms with Gasteiger partial charge in [-0.3, -0.25) is 9.38 Å². The smallest absolute Gasteiger partial charge is 0.165 e. The summed E-state index contributed by atoms with van der Waals surface area (Å²) in [7, 11) is 0. The lowest BCUT2D eigenvalue weighted by molar-refractivity contribution is 1.18. The number of rotatable bonds is 1. The molecule has 5 nitrogen and oxygen atoms in total. The van der Waals surface area contributed by atoms with E-state index in [0.717, 1.165) is 45.2 Å². The number of benzene rings is 4. The van der Waals surface area contributed by atoms with Gasteiger partial charge in [0.15, 0.2) is 5.65 Å². The molecule has 10 rings (SSSR count). The summed E-state index contributed by atoms with van der Waals surface area (Å²) in [6, 6.07) is 34.9. The highest BCUT2D eigenvalue weighted by Crippen LogP contribution is 2.47. The molecule has 0 N–H and O–H groups in total. The summed E-state index contributed by atoms with van der Waals surface area (Å²) in [5.41, 5.74) is 12.7. The highest BCUT2D eigenvalue weighted by molar-refractivity contribution is 6.30. The molecule has 4 aromatic carbocycles. The number of pyridine rings is 3. The van der Waals surface area contributed by atoms with Crippen LogP contribution in [0.1, 0.15) is 11.1 Å². The Kier molecular flexibility index (Phi) is 3.92. The van der Waals surface area contributed by atoms with Gasteiger partial charge < -0.3 is 4.57 Å². The largest absolute Gasteiger partial charge is 0.309 e. The number of hydrogen-bond donors (Lipinski definition) is 0. The molecule has 1 aliphatic rings. The topological polar surface area (TPSA) is 48.0 Å². The lowest BCUT2D eigenvalue weighted by Gasteiger charge is -2.12. The summed E-state index contributed by atoms with van der Waals surface area (Å²) in [5.74, 6) is 0. The van der Waals surface area contributed by atoms with Crippen molar-refractivity contribution in [2.24, 2.45) is 0 Å². The normalized spacial score (nSPS) is 12.8. The van der Waals surface area contributed by atoms with Gasteiger partial charge in [-0.25, -0.2) is 9.97 Å². The zero-order valence-corrected chi connectivity index (χ0v) is 21.9. The Bertz CT molecular complexity index is 2550. The first-order chi connectivity index (χ1) is 20.4. The summed E-state index contributed by atoms with van der Waals surface area (Å²) in [5, 5.41) is 5.91. The van der Waals surface area contributed by atoms with Gasteiger partial charge in [-0.1, -0.05) is 60.7 Å². The van der Waals surface area contributed by atoms with E-state index in [1.165, 1.54) is 49.4 Å². The molecule has 0 amide bonds. The summed E-state index contributed by atoms with van der Waals surface area (Å²) >= 11 is 0. The molecule has 0 aliphatic heterocycles. The first kappa shape index (κ1) is 21.3. The zero-order chi connectivity index (χ0) is 26.7. The Balaban J connectivity index is 1.52. The number of aromatic nitrogens is 5. The maximum Gasteiger partial charge on any atom is 0.165 e. The SMILES string of the molecule is c1ccc(-n2c3ccc4c5ccncc5n5c6ncccc6nc5c4c3c3ccc4c(c32)-c2ccccc2C4)cc1. The summed E-state index contributed by atoms with van der Waals surface area (Å²) in [6.07, 6.45) is 6.60. The van der Waals surface area contributed by atoms with Crippen LogP contribution in [0.15, 0.2) is 116 Å². The summed E-state index contributed by atoms with van der Waals surface area (Å²) < 4.78 is 4.65. The third-order valence-corrected chi connectivity index (χ3v) is 8.83. The van der Waals surface area contributed by atoms with Gasteiger partial charge >= 0.3 is 0 Å². The number of nitrogens with zero attached hydrogens (tertiary/aromatic N) is 5. The molecule has 0 radical (unpaired) electrons. The van der Waals surface area contributed by atoms with Crippen molar-refractivity contribution in [2.75, 3.05) is 0 Å². The van der Waals surface area contributed by atoms with Crippen LogP contribution in [-0.4, -0.2) is 23.9 Å². The van der Waals surface area contributed by atoms with Crippen LogP contribution in [0.2, 0.25) is 0 Å². The highest BCUT2D eigenvalue weighted by atomic mass is 15.1. The summed E-state index contributed by atoms with van der Waals surface area (Å²) in [6.45, 7) is 0. The molecule has 0 bridgehead atoms. The Labute approximate surface area is 234 Å². The molecule has 41 heavy (non-hydrogen) atoms. The third kappa shape index (κ3) is 2.63. The molecule has 0 unspecified atom stereocenters. The van der Waals surface area contributed by atoms with Crippen molar-refractivity contribution in [2.45, 2.75) is 6.42 Å². The predicted octanol–water partition coefficient (Wildman–Crippen LogP) is 8.25. The first-order valence-electron chi connectivity index (χ1n) is 13.9. The quantitative estimate of drug-likeness (QED) is 0.204. The van der Waals surface area contributed by atoms with Crippen LogP contribution in [-0.2, 0) is 6.42 Å². The van der Waals surface area contributed by atoms with E-state index in [1.54, 1.807) is 0 Å². The van der Waals surface area contributed by atoms with Crippen molar-refractivity contribution < 1.29 is 0 Å². The molecule has 5 heterocycles. The second-order valence-corrected chi connectivity index (χ2v) is 10.9. The molecule has 0 saturated heterocycles. The van der Waals surface area contributed by atoms with Crippen LogP contribution < -0.4 is 0 Å². The zero-order valence-electron chi connectivity index (χ0n) is 21.9. The molecule has 5 aromatic heterocycles. The Morgan fingerprint density at radius 1 is 0.610 bits per heavy atom. The van der Waals surface area contributed by atoms with E-state index in [4.69, 9.17) is 9.97 Å². The van der Waals surface area contributed by atoms with Gasteiger partial charge in [0.1, 0.15) is 11.2 Å². The molecule has 0 fully saturated rings. The van der Waals surface area contributed by atoms with Crippen molar-refractivity contribution in [3.05, 3.63) is 127 Å². The maximum atomic E-state index is 5.20. The van der Waals surface area contributed by atoms with Crippen molar-refractivity contribution in [1.82, 2.24) is 23.9 Å². The van der Waals surface area contributed by atoms with E-state index in [0.29, 0.717) is 0 Å². The Hall–Kier alpha value is -5.55. The van der Waals surface area contributed by atoms with Gasteiger partial charge in [0.05, 0.1) is 22.7 Å². The van der Waals surface area contributed by atoms with Crippen molar-refractivity contribution >= 4 is 60.3 Å². The minimum atomic E-state index is 0.848. The molecule has 0 spiro atoms. The van der Waals surface area contributed by atoms with E-state index in [-0.39, 0.29) is 0 Å². The maximum absolute atomic E-state index is 5.20. The van der Waals surface area contributed by atoms with Gasteiger partial charge in [-0.15, -0.1) is 0 Å².